The molecular formula is C17H13NO3. The van der Waals surface area contributed by atoms with Crippen molar-refractivity contribution < 1.29 is 14.6 Å². The number of aliphatic carboxylic acids is 1. The second-order valence-electron chi connectivity index (χ2n) is 4.57. The first kappa shape index (κ1) is 13.1. The van der Waals surface area contributed by atoms with Gasteiger partial charge in [-0.1, -0.05) is 42.5 Å². The molecule has 1 atom stereocenters. The molecule has 3 aromatic rings. The third kappa shape index (κ3) is 2.69. The number of para-hydroxylation sites is 1. The number of ether oxygens (including phenoxy) is 1. The Morgan fingerprint density at radius 3 is 2.48 bits per heavy atom. The largest absolute Gasteiger partial charge is 0.478 e. The highest BCUT2D eigenvalue weighted by molar-refractivity contribution is 5.85. The average Bonchev–Trinajstić information content (AvgIpc) is 2.53. The summed E-state index contributed by atoms with van der Waals surface area (Å²) >= 11 is 0. The highest BCUT2D eigenvalue weighted by Gasteiger charge is 2.22. The Balaban J connectivity index is 2.01. The smallest absolute Gasteiger partial charge is 0.349 e. The van der Waals surface area contributed by atoms with Gasteiger partial charge in [-0.2, -0.15) is 0 Å². The van der Waals surface area contributed by atoms with E-state index in [1.165, 1.54) is 0 Å². The second kappa shape index (κ2) is 5.63. The first-order valence-corrected chi connectivity index (χ1v) is 6.54. The van der Waals surface area contributed by atoms with E-state index < -0.39 is 12.1 Å². The Morgan fingerprint density at radius 1 is 1.00 bits per heavy atom. The van der Waals surface area contributed by atoms with Crippen LogP contribution in [-0.2, 0) is 4.79 Å². The molecular weight excluding hydrogens is 266 g/mol. The number of aromatic nitrogens is 1. The molecule has 3 rings (SSSR count). The van der Waals surface area contributed by atoms with Crippen molar-refractivity contribution in [1.82, 2.24) is 4.98 Å². The number of hydrogen-bond acceptors (Lipinski definition) is 3. The molecule has 0 radical (unpaired) electrons. The van der Waals surface area contributed by atoms with E-state index >= 15 is 0 Å². The lowest BCUT2D eigenvalue weighted by Gasteiger charge is -2.16. The molecule has 2 aromatic carbocycles. The van der Waals surface area contributed by atoms with Gasteiger partial charge in [-0.25, -0.2) is 4.79 Å². The first-order chi connectivity index (χ1) is 10.3. The van der Waals surface area contributed by atoms with E-state index in [4.69, 9.17) is 4.74 Å². The molecule has 1 unspecified atom stereocenters. The number of benzene rings is 2. The molecule has 0 fully saturated rings. The van der Waals surface area contributed by atoms with Gasteiger partial charge >= 0.3 is 5.97 Å². The predicted octanol–water partition coefficient (Wildman–Crippen LogP) is 3.44. The summed E-state index contributed by atoms with van der Waals surface area (Å²) in [7, 11) is 0. The van der Waals surface area contributed by atoms with Crippen molar-refractivity contribution in [2.45, 2.75) is 6.10 Å². The number of carbonyl (C=O) groups is 1. The second-order valence-corrected chi connectivity index (χ2v) is 4.57. The summed E-state index contributed by atoms with van der Waals surface area (Å²) in [4.78, 5) is 15.7. The van der Waals surface area contributed by atoms with Gasteiger partial charge in [0.1, 0.15) is 5.75 Å². The number of nitrogens with zero attached hydrogens (tertiary/aromatic N) is 1. The van der Waals surface area contributed by atoms with E-state index in [0.29, 0.717) is 11.3 Å². The summed E-state index contributed by atoms with van der Waals surface area (Å²) in [5, 5.41) is 10.2. The quantitative estimate of drug-likeness (QED) is 0.794. The monoisotopic (exact) mass is 279 g/mol. The van der Waals surface area contributed by atoms with Crippen molar-refractivity contribution in [2.24, 2.45) is 0 Å². The molecule has 0 bridgehead atoms. The van der Waals surface area contributed by atoms with Crippen molar-refractivity contribution in [2.75, 3.05) is 0 Å². The molecule has 0 aliphatic carbocycles. The third-order valence-corrected chi connectivity index (χ3v) is 3.18. The summed E-state index contributed by atoms with van der Waals surface area (Å²) in [6.07, 6.45) is 0.568. The molecule has 1 N–H and O–H groups in total. The lowest BCUT2D eigenvalue weighted by molar-refractivity contribution is -0.145. The molecule has 4 heteroatoms. The van der Waals surface area contributed by atoms with E-state index in [-0.39, 0.29) is 0 Å². The van der Waals surface area contributed by atoms with Crippen molar-refractivity contribution >= 4 is 16.9 Å². The number of rotatable bonds is 4. The molecule has 4 nitrogen and oxygen atoms in total. The van der Waals surface area contributed by atoms with E-state index in [9.17, 15) is 9.90 Å². The highest BCUT2D eigenvalue weighted by Crippen LogP contribution is 2.28. The molecule has 0 saturated carbocycles. The van der Waals surface area contributed by atoms with Gasteiger partial charge in [0.15, 0.2) is 0 Å². The highest BCUT2D eigenvalue weighted by atomic mass is 16.5. The van der Waals surface area contributed by atoms with E-state index in [2.05, 4.69) is 4.98 Å². The molecule has 0 aliphatic rings. The van der Waals surface area contributed by atoms with Gasteiger partial charge in [0.2, 0.25) is 6.10 Å². The van der Waals surface area contributed by atoms with Crippen LogP contribution in [-0.4, -0.2) is 16.1 Å². The number of hydrogen-bond donors (Lipinski definition) is 1. The summed E-state index contributed by atoms with van der Waals surface area (Å²) in [5.74, 6) is -0.515. The third-order valence-electron chi connectivity index (χ3n) is 3.18. The SMILES string of the molecule is O=C(O)C(Oc1ccnc2ccccc12)c1ccccc1. The molecule has 0 amide bonds. The van der Waals surface area contributed by atoms with Crippen molar-refractivity contribution in [1.29, 1.82) is 0 Å². The van der Waals surface area contributed by atoms with E-state index in [1.807, 2.05) is 30.3 Å². The first-order valence-electron chi connectivity index (χ1n) is 6.54. The Bertz CT molecular complexity index is 766. The van der Waals surface area contributed by atoms with E-state index in [1.54, 1.807) is 36.5 Å². The minimum absolute atomic E-state index is 0.511. The maximum atomic E-state index is 11.5. The maximum absolute atomic E-state index is 11.5. The number of carboxylic acid groups (broad SMARTS) is 1. The lowest BCUT2D eigenvalue weighted by Crippen LogP contribution is -2.18. The molecule has 1 heterocycles. The van der Waals surface area contributed by atoms with Crippen LogP contribution in [0.25, 0.3) is 10.9 Å². The van der Waals surface area contributed by atoms with Crippen LogP contribution >= 0.6 is 0 Å². The zero-order chi connectivity index (χ0) is 14.7. The molecule has 0 spiro atoms. The van der Waals surface area contributed by atoms with Gasteiger partial charge in [0, 0.05) is 17.1 Å². The number of fused-ring (bicyclic) bond motifs is 1. The Morgan fingerprint density at radius 2 is 1.71 bits per heavy atom. The molecule has 0 aliphatic heterocycles. The van der Waals surface area contributed by atoms with Gasteiger partial charge in [-0.3, -0.25) is 4.98 Å². The maximum Gasteiger partial charge on any atom is 0.349 e. The Kier molecular flexibility index (Phi) is 3.51. The topological polar surface area (TPSA) is 59.4 Å². The van der Waals surface area contributed by atoms with Crippen molar-refractivity contribution in [3.05, 3.63) is 72.4 Å². The molecule has 1 aromatic heterocycles. The van der Waals surface area contributed by atoms with Crippen LogP contribution < -0.4 is 4.74 Å². The fourth-order valence-electron chi connectivity index (χ4n) is 2.19. The van der Waals surface area contributed by atoms with Gasteiger partial charge in [0.05, 0.1) is 5.52 Å². The summed E-state index contributed by atoms with van der Waals surface area (Å²) in [6.45, 7) is 0. The van der Waals surface area contributed by atoms with E-state index in [0.717, 1.165) is 10.9 Å². The standard InChI is InChI=1S/C17H13NO3/c19-17(20)16(12-6-2-1-3-7-12)21-15-10-11-18-14-9-5-4-8-13(14)15/h1-11,16H,(H,19,20). The van der Waals surface area contributed by atoms with Crippen LogP contribution in [0.2, 0.25) is 0 Å². The van der Waals surface area contributed by atoms with Crippen LogP contribution in [0.1, 0.15) is 11.7 Å². The molecule has 104 valence electrons. The molecule has 0 saturated heterocycles. The predicted molar refractivity (Wildman–Crippen MR) is 79.2 cm³/mol. The minimum atomic E-state index is -1.04. The van der Waals surface area contributed by atoms with Crippen LogP contribution in [0.15, 0.2) is 66.9 Å². The van der Waals surface area contributed by atoms with Gasteiger partial charge in [-0.05, 0) is 18.2 Å². The average molecular weight is 279 g/mol. The van der Waals surface area contributed by atoms with Crippen LogP contribution in [0.5, 0.6) is 5.75 Å². The molecule has 21 heavy (non-hydrogen) atoms. The Hall–Kier alpha value is -2.88. The summed E-state index contributed by atoms with van der Waals surface area (Å²) in [6, 6.07) is 18.1. The summed E-state index contributed by atoms with van der Waals surface area (Å²) in [5.41, 5.74) is 1.37. The number of pyridine rings is 1. The minimum Gasteiger partial charge on any atom is -0.478 e. The van der Waals surface area contributed by atoms with Crippen LogP contribution in [0.3, 0.4) is 0 Å². The normalized spacial score (nSPS) is 12.0. The number of carboxylic acids is 1. The van der Waals surface area contributed by atoms with Crippen molar-refractivity contribution in [3.63, 3.8) is 0 Å². The van der Waals surface area contributed by atoms with Gasteiger partial charge in [-0.15, -0.1) is 0 Å². The fraction of sp³-hybridized carbons (Fsp3) is 0.0588. The summed E-state index contributed by atoms with van der Waals surface area (Å²) < 4.78 is 5.74. The van der Waals surface area contributed by atoms with Gasteiger partial charge in [0.25, 0.3) is 0 Å². The Labute approximate surface area is 121 Å². The van der Waals surface area contributed by atoms with Crippen LogP contribution in [0.4, 0.5) is 0 Å². The lowest BCUT2D eigenvalue weighted by atomic mass is 10.1. The van der Waals surface area contributed by atoms with Gasteiger partial charge < -0.3 is 9.84 Å². The van der Waals surface area contributed by atoms with Crippen molar-refractivity contribution in [3.8, 4) is 5.75 Å². The zero-order valence-corrected chi connectivity index (χ0v) is 11.1. The fourth-order valence-corrected chi connectivity index (χ4v) is 2.19. The zero-order valence-electron chi connectivity index (χ0n) is 11.1. The van der Waals surface area contributed by atoms with Crippen LogP contribution in [0, 0.1) is 0 Å².